The van der Waals surface area contributed by atoms with Gasteiger partial charge in [0.25, 0.3) is 0 Å². The summed E-state index contributed by atoms with van der Waals surface area (Å²) in [6.07, 6.45) is 2.41. The highest BCUT2D eigenvalue weighted by atomic mass is 15.2. The Bertz CT molecular complexity index is 152. The van der Waals surface area contributed by atoms with Crippen LogP contribution in [0, 0.1) is 0 Å². The molecule has 0 aromatic carbocycles. The van der Waals surface area contributed by atoms with E-state index in [1.165, 1.54) is 12.8 Å². The quantitative estimate of drug-likeness (QED) is 0.647. The molecule has 0 aromatic rings. The van der Waals surface area contributed by atoms with Crippen LogP contribution in [0.2, 0.25) is 0 Å². The average Bonchev–Trinajstić information content (AvgIpc) is 1.94. The van der Waals surface area contributed by atoms with Gasteiger partial charge in [0.1, 0.15) is 0 Å². The number of piperidine rings is 1. The van der Waals surface area contributed by atoms with E-state index in [1.807, 2.05) is 0 Å². The molecule has 1 aliphatic heterocycles. The monoisotopic (exact) mass is 170 g/mol. The first-order valence-electron chi connectivity index (χ1n) is 4.96. The molecule has 72 valence electrons. The van der Waals surface area contributed by atoms with Crippen molar-refractivity contribution in [2.45, 2.75) is 58.2 Å². The molecule has 0 aromatic heterocycles. The van der Waals surface area contributed by atoms with Crippen molar-refractivity contribution in [3.63, 3.8) is 0 Å². The van der Waals surface area contributed by atoms with E-state index in [0.717, 1.165) is 6.54 Å². The van der Waals surface area contributed by atoms with Gasteiger partial charge in [-0.2, -0.15) is 0 Å². The lowest BCUT2D eigenvalue weighted by molar-refractivity contribution is 0.0375. The third kappa shape index (κ3) is 1.99. The first-order valence-corrected chi connectivity index (χ1v) is 4.96. The molecule has 1 rings (SSSR count). The lowest BCUT2D eigenvalue weighted by Gasteiger charge is -2.47. The minimum atomic E-state index is 0.351. The number of rotatable bonds is 1. The van der Waals surface area contributed by atoms with Gasteiger partial charge in [0.05, 0.1) is 0 Å². The molecule has 2 heteroatoms. The van der Waals surface area contributed by atoms with Gasteiger partial charge >= 0.3 is 0 Å². The molecule has 0 aliphatic carbocycles. The highest BCUT2D eigenvalue weighted by Gasteiger charge is 2.33. The summed E-state index contributed by atoms with van der Waals surface area (Å²) in [5.41, 5.74) is 6.29. The molecule has 1 fully saturated rings. The molecule has 0 saturated carbocycles. The van der Waals surface area contributed by atoms with Gasteiger partial charge in [0.2, 0.25) is 0 Å². The molecular weight excluding hydrogens is 148 g/mol. The Balaban J connectivity index is 2.65. The van der Waals surface area contributed by atoms with Crippen molar-refractivity contribution >= 4 is 0 Å². The van der Waals surface area contributed by atoms with Crippen LogP contribution in [-0.4, -0.2) is 29.1 Å². The molecular formula is C10H22N2. The highest BCUT2D eigenvalue weighted by molar-refractivity contribution is 4.91. The zero-order chi connectivity index (χ0) is 9.35. The number of nitrogens with two attached hydrogens (primary N) is 1. The van der Waals surface area contributed by atoms with Crippen LogP contribution in [-0.2, 0) is 0 Å². The van der Waals surface area contributed by atoms with Gasteiger partial charge in [0, 0.05) is 24.2 Å². The molecule has 2 N–H and O–H groups in total. The molecule has 1 unspecified atom stereocenters. The second kappa shape index (κ2) is 3.35. The maximum Gasteiger partial charge on any atom is 0.0168 e. The zero-order valence-corrected chi connectivity index (χ0v) is 8.80. The van der Waals surface area contributed by atoms with Gasteiger partial charge in [-0.1, -0.05) is 0 Å². The third-order valence-corrected chi connectivity index (χ3v) is 2.96. The van der Waals surface area contributed by atoms with Crippen molar-refractivity contribution in [3.05, 3.63) is 0 Å². The fourth-order valence-electron chi connectivity index (χ4n) is 2.18. The fourth-order valence-corrected chi connectivity index (χ4v) is 2.18. The standard InChI is InChI=1S/C10H22N2/c1-8(2)12-7-9(11)5-6-10(12,3)4/h8-9H,5-7,11H2,1-4H3. The number of likely N-dealkylation sites (tertiary alicyclic amines) is 1. The number of hydrogen-bond acceptors (Lipinski definition) is 2. The molecule has 0 amide bonds. The Morgan fingerprint density at radius 2 is 2.00 bits per heavy atom. The van der Waals surface area contributed by atoms with Crippen molar-refractivity contribution in [1.82, 2.24) is 4.90 Å². The highest BCUT2D eigenvalue weighted by Crippen LogP contribution is 2.28. The van der Waals surface area contributed by atoms with Crippen molar-refractivity contribution in [2.24, 2.45) is 5.73 Å². The lowest BCUT2D eigenvalue weighted by atomic mass is 9.87. The summed E-state index contributed by atoms with van der Waals surface area (Å²) >= 11 is 0. The zero-order valence-electron chi connectivity index (χ0n) is 8.80. The predicted molar refractivity (Wildman–Crippen MR) is 53.1 cm³/mol. The van der Waals surface area contributed by atoms with Crippen LogP contribution in [0.25, 0.3) is 0 Å². The Hall–Kier alpha value is -0.0800. The molecule has 0 radical (unpaired) electrons. The summed E-state index contributed by atoms with van der Waals surface area (Å²) in [5, 5.41) is 0. The van der Waals surface area contributed by atoms with Crippen molar-refractivity contribution < 1.29 is 0 Å². The van der Waals surface area contributed by atoms with E-state index in [2.05, 4.69) is 32.6 Å². The largest absolute Gasteiger partial charge is 0.327 e. The summed E-state index contributed by atoms with van der Waals surface area (Å²) in [7, 11) is 0. The summed E-state index contributed by atoms with van der Waals surface area (Å²) in [4.78, 5) is 2.52. The first kappa shape index (κ1) is 10.0. The second-order valence-corrected chi connectivity index (χ2v) is 4.86. The van der Waals surface area contributed by atoms with E-state index in [9.17, 15) is 0 Å². The molecule has 0 bridgehead atoms. The smallest absolute Gasteiger partial charge is 0.0168 e. The topological polar surface area (TPSA) is 29.3 Å². The predicted octanol–water partition coefficient (Wildman–Crippen LogP) is 1.60. The number of hydrogen-bond donors (Lipinski definition) is 1. The van der Waals surface area contributed by atoms with Crippen LogP contribution >= 0.6 is 0 Å². The Labute approximate surface area is 76.1 Å². The Kier molecular flexibility index (Phi) is 2.79. The van der Waals surface area contributed by atoms with E-state index in [1.54, 1.807) is 0 Å². The SMILES string of the molecule is CC(C)N1CC(N)CCC1(C)C. The van der Waals surface area contributed by atoms with Gasteiger partial charge in [-0.05, 0) is 40.5 Å². The van der Waals surface area contributed by atoms with Crippen LogP contribution in [0.3, 0.4) is 0 Å². The molecule has 1 heterocycles. The molecule has 12 heavy (non-hydrogen) atoms. The fraction of sp³-hybridized carbons (Fsp3) is 1.00. The second-order valence-electron chi connectivity index (χ2n) is 4.86. The first-order chi connectivity index (χ1) is 5.43. The van der Waals surface area contributed by atoms with E-state index in [4.69, 9.17) is 5.73 Å². The van der Waals surface area contributed by atoms with Gasteiger partial charge in [-0.3, -0.25) is 4.90 Å². The van der Waals surface area contributed by atoms with Gasteiger partial charge < -0.3 is 5.73 Å². The summed E-state index contributed by atoms with van der Waals surface area (Å²) in [6.45, 7) is 10.2. The van der Waals surface area contributed by atoms with E-state index < -0.39 is 0 Å². The number of nitrogens with zero attached hydrogens (tertiary/aromatic N) is 1. The van der Waals surface area contributed by atoms with Crippen molar-refractivity contribution in [2.75, 3.05) is 6.54 Å². The maximum atomic E-state index is 5.94. The van der Waals surface area contributed by atoms with Gasteiger partial charge in [0.15, 0.2) is 0 Å². The molecule has 1 saturated heterocycles. The normalized spacial score (nSPS) is 31.0. The molecule has 1 atom stereocenters. The van der Waals surface area contributed by atoms with Gasteiger partial charge in [-0.15, -0.1) is 0 Å². The van der Waals surface area contributed by atoms with Gasteiger partial charge in [-0.25, -0.2) is 0 Å². The van der Waals surface area contributed by atoms with Crippen LogP contribution < -0.4 is 5.73 Å². The van der Waals surface area contributed by atoms with Crippen LogP contribution in [0.5, 0.6) is 0 Å². The Morgan fingerprint density at radius 3 is 2.42 bits per heavy atom. The lowest BCUT2D eigenvalue weighted by Crippen LogP contribution is -2.56. The van der Waals surface area contributed by atoms with Crippen LogP contribution in [0.15, 0.2) is 0 Å². The van der Waals surface area contributed by atoms with E-state index in [0.29, 0.717) is 17.6 Å². The summed E-state index contributed by atoms with van der Waals surface area (Å²) in [6, 6.07) is 1.01. The van der Waals surface area contributed by atoms with E-state index in [-0.39, 0.29) is 0 Å². The van der Waals surface area contributed by atoms with Crippen LogP contribution in [0.1, 0.15) is 40.5 Å². The maximum absolute atomic E-state index is 5.94. The van der Waals surface area contributed by atoms with E-state index >= 15 is 0 Å². The minimum Gasteiger partial charge on any atom is -0.327 e. The molecule has 2 nitrogen and oxygen atoms in total. The van der Waals surface area contributed by atoms with Crippen molar-refractivity contribution in [3.8, 4) is 0 Å². The molecule has 0 spiro atoms. The van der Waals surface area contributed by atoms with Crippen molar-refractivity contribution in [1.29, 1.82) is 0 Å². The third-order valence-electron chi connectivity index (χ3n) is 2.96. The summed E-state index contributed by atoms with van der Waals surface area (Å²) in [5.74, 6) is 0. The summed E-state index contributed by atoms with van der Waals surface area (Å²) < 4.78 is 0. The Morgan fingerprint density at radius 1 is 1.42 bits per heavy atom. The molecule has 1 aliphatic rings. The average molecular weight is 170 g/mol. The minimum absolute atomic E-state index is 0.351. The van der Waals surface area contributed by atoms with Crippen LogP contribution in [0.4, 0.5) is 0 Å².